The van der Waals surface area contributed by atoms with Gasteiger partial charge in [0.25, 0.3) is 5.91 Å². The zero-order chi connectivity index (χ0) is 41.8. The van der Waals surface area contributed by atoms with Gasteiger partial charge in [-0.2, -0.15) is 13.2 Å². The van der Waals surface area contributed by atoms with E-state index in [9.17, 15) is 37.1 Å². The number of nitrogens with two attached hydrogens (primary N) is 1. The molecule has 0 unspecified atom stereocenters. The van der Waals surface area contributed by atoms with Gasteiger partial charge in [-0.15, -0.1) is 0 Å². The van der Waals surface area contributed by atoms with Gasteiger partial charge in [-0.3, -0.25) is 19.3 Å². The number of rotatable bonds is 10. The number of carbonyl (C=O) groups is 5. The third-order valence-electron chi connectivity index (χ3n) is 12.3. The number of anilines is 2. The van der Waals surface area contributed by atoms with Gasteiger partial charge >= 0.3 is 24.3 Å². The van der Waals surface area contributed by atoms with Crippen LogP contribution < -0.4 is 11.1 Å². The lowest BCUT2D eigenvalue weighted by molar-refractivity contribution is -0.152. The first-order valence-electron chi connectivity index (χ1n) is 20.5. The second kappa shape index (κ2) is 18.2. The van der Waals surface area contributed by atoms with E-state index in [1.54, 1.807) is 14.7 Å². The zero-order valence-electron chi connectivity index (χ0n) is 32.9. The van der Waals surface area contributed by atoms with Crippen LogP contribution in [0.25, 0.3) is 0 Å². The van der Waals surface area contributed by atoms with Gasteiger partial charge in [-0.1, -0.05) is 29.8 Å². The average Bonchev–Trinajstić information content (AvgIpc) is 3.84. The Balaban J connectivity index is 0.983. The number of likely N-dealkylation sites (tertiary alicyclic amines) is 4. The van der Waals surface area contributed by atoms with Crippen molar-refractivity contribution >= 4 is 52.9 Å². The predicted molar refractivity (Wildman–Crippen MR) is 211 cm³/mol. The van der Waals surface area contributed by atoms with Gasteiger partial charge in [-0.25, -0.2) is 9.59 Å². The summed E-state index contributed by atoms with van der Waals surface area (Å²) in [4.78, 5) is 74.8. The maximum absolute atomic E-state index is 14.2. The van der Waals surface area contributed by atoms with Gasteiger partial charge in [0, 0.05) is 69.9 Å². The van der Waals surface area contributed by atoms with Crippen LogP contribution >= 0.6 is 11.6 Å². The number of urea groups is 1. The number of hydrogen-bond donors (Lipinski definition) is 2. The second-order valence-electron chi connectivity index (χ2n) is 16.0. The molecule has 0 bridgehead atoms. The first-order chi connectivity index (χ1) is 28.3. The van der Waals surface area contributed by atoms with Crippen molar-refractivity contribution in [1.82, 2.24) is 24.5 Å². The highest BCUT2D eigenvalue weighted by Gasteiger charge is 2.41. The molecule has 2 aromatic rings. The van der Waals surface area contributed by atoms with Crippen molar-refractivity contribution in [2.45, 2.75) is 94.6 Å². The molecule has 2 atom stereocenters. The smallest absolute Gasteiger partial charge is 0.418 e. The van der Waals surface area contributed by atoms with E-state index in [1.165, 1.54) is 11.0 Å². The van der Waals surface area contributed by atoms with Crippen LogP contribution in [-0.2, 0) is 42.9 Å². The molecule has 7 rings (SSSR count). The summed E-state index contributed by atoms with van der Waals surface area (Å²) in [5.41, 5.74) is 5.73. The Morgan fingerprint density at radius 1 is 0.881 bits per heavy atom. The minimum atomic E-state index is -4.81. The highest BCUT2D eigenvalue weighted by molar-refractivity contribution is 6.33. The Morgan fingerprint density at radius 2 is 1.59 bits per heavy atom. The van der Waals surface area contributed by atoms with Gasteiger partial charge in [-0.05, 0) is 87.2 Å². The van der Waals surface area contributed by atoms with E-state index in [0.29, 0.717) is 71.1 Å². The van der Waals surface area contributed by atoms with E-state index in [4.69, 9.17) is 26.8 Å². The summed E-state index contributed by atoms with van der Waals surface area (Å²) in [6.45, 7) is 3.41. The first kappa shape index (κ1) is 42.4. The van der Waals surface area contributed by atoms with Crippen LogP contribution in [0.3, 0.4) is 0 Å². The quantitative estimate of drug-likeness (QED) is 0.244. The number of esters is 1. The normalized spacial score (nSPS) is 21.6. The Labute approximate surface area is 346 Å². The molecule has 0 aliphatic carbocycles. The number of hydrogen-bond acceptors (Lipinski definition) is 9. The lowest BCUT2D eigenvalue weighted by Gasteiger charge is -2.40. The van der Waals surface area contributed by atoms with Crippen molar-refractivity contribution in [2.75, 3.05) is 70.0 Å². The lowest BCUT2D eigenvalue weighted by atomic mass is 9.99. The summed E-state index contributed by atoms with van der Waals surface area (Å²) in [7, 11) is 0. The number of fused-ring (bicyclic) bond motifs is 1. The van der Waals surface area contributed by atoms with Gasteiger partial charge in [0.15, 0.2) is 6.10 Å². The molecule has 2 aromatic carbocycles. The Morgan fingerprint density at radius 3 is 2.31 bits per heavy atom. The molecular weight excluding hydrogens is 795 g/mol. The monoisotopic (exact) mass is 845 g/mol. The molecule has 3 N–H and O–H groups in total. The van der Waals surface area contributed by atoms with Gasteiger partial charge in [0.05, 0.1) is 22.8 Å². The minimum absolute atomic E-state index is 0.0211. The first-order valence-corrected chi connectivity index (χ1v) is 20.9. The number of carbonyl (C=O) groups excluding carboxylic acids is 5. The fourth-order valence-electron chi connectivity index (χ4n) is 9.11. The highest BCUT2D eigenvalue weighted by Crippen LogP contribution is 2.38. The summed E-state index contributed by atoms with van der Waals surface area (Å²) >= 11 is 6.14. The van der Waals surface area contributed by atoms with Crippen molar-refractivity contribution < 1.29 is 46.6 Å². The Kier molecular flexibility index (Phi) is 13.1. The van der Waals surface area contributed by atoms with Crippen LogP contribution in [0.1, 0.15) is 68.1 Å². The summed E-state index contributed by atoms with van der Waals surface area (Å²) in [5.74, 6) is -0.815. The number of halogens is 4. The van der Waals surface area contributed by atoms with Crippen molar-refractivity contribution in [2.24, 2.45) is 0 Å². The fourth-order valence-corrected chi connectivity index (χ4v) is 9.35. The van der Waals surface area contributed by atoms with E-state index in [-0.39, 0.29) is 79.8 Å². The zero-order valence-corrected chi connectivity index (χ0v) is 33.6. The third kappa shape index (κ3) is 9.83. The van der Waals surface area contributed by atoms with E-state index < -0.39 is 41.6 Å². The molecule has 4 fully saturated rings. The molecular formula is C41H51ClF3N7O7. The van der Waals surface area contributed by atoms with Crippen molar-refractivity contribution in [3.63, 3.8) is 0 Å². The van der Waals surface area contributed by atoms with Crippen LogP contribution in [0.5, 0.6) is 0 Å². The molecule has 5 aliphatic heterocycles. The summed E-state index contributed by atoms with van der Waals surface area (Å²) in [6.07, 6.45) is -2.02. The van der Waals surface area contributed by atoms with E-state index in [1.807, 2.05) is 24.3 Å². The number of ether oxygens (including phenoxy) is 2. The largest absolute Gasteiger partial charge is 0.463 e. The highest BCUT2D eigenvalue weighted by atomic mass is 35.5. The minimum Gasteiger partial charge on any atom is -0.463 e. The Bertz CT molecular complexity index is 1900. The second-order valence-corrected chi connectivity index (χ2v) is 16.4. The van der Waals surface area contributed by atoms with Crippen molar-refractivity contribution in [3.8, 4) is 0 Å². The van der Waals surface area contributed by atoms with Crippen LogP contribution in [-0.4, -0.2) is 138 Å². The van der Waals surface area contributed by atoms with E-state index in [2.05, 4.69) is 10.2 Å². The molecule has 0 aromatic heterocycles. The van der Waals surface area contributed by atoms with Crippen molar-refractivity contribution in [3.05, 3.63) is 58.1 Å². The summed E-state index contributed by atoms with van der Waals surface area (Å²) < 4.78 is 53.3. The van der Waals surface area contributed by atoms with Crippen molar-refractivity contribution in [1.29, 1.82) is 0 Å². The number of piperidine rings is 2. The number of nitrogens with one attached hydrogen (secondary N) is 1. The molecule has 320 valence electrons. The average molecular weight is 846 g/mol. The summed E-state index contributed by atoms with van der Waals surface area (Å²) in [5, 5.41) is 2.64. The SMILES string of the molecule is Nc1c(Cl)cc(C[C@@H](OC(=O)N2CCC(N3CCc4ccccc4NC3=O)CC2)C(=O)N2CCC(N3CCC[C@@H]3C(=O)OCCN3CCCC3=O)CC2)cc1C(F)(F)F. The Hall–Kier alpha value is -4.77. The molecule has 5 amide bonds. The molecule has 0 spiro atoms. The molecule has 18 heteroatoms. The van der Waals surface area contributed by atoms with E-state index >= 15 is 0 Å². The number of amides is 5. The number of nitrogen functional groups attached to an aromatic ring is 1. The molecule has 0 saturated carbocycles. The number of benzene rings is 2. The fraction of sp³-hybridized carbons (Fsp3) is 0.585. The number of alkyl halides is 3. The maximum atomic E-state index is 14.2. The topological polar surface area (TPSA) is 158 Å². The van der Waals surface area contributed by atoms with Gasteiger partial charge < -0.3 is 40.1 Å². The molecule has 59 heavy (non-hydrogen) atoms. The summed E-state index contributed by atoms with van der Waals surface area (Å²) in [6, 6.07) is 8.91. The standard InChI is InChI=1S/C41H51ClF3N7O7/c42-31-24-26(23-30(36(31)46)41(43,44)45)25-34(59-40(57)50-18-12-29(13-19-50)52-20-9-27-5-1-2-6-32(27)47-39(52)56)37(54)49-16-10-28(11-17-49)51-15-3-7-33(51)38(55)58-22-21-48-14-4-8-35(48)53/h1-2,5-6,23-24,28-29,33-34H,3-4,7-22,25,46H2,(H,47,56)/t33-,34-/m1/s1. The maximum Gasteiger partial charge on any atom is 0.418 e. The van der Waals surface area contributed by atoms with Crippen LogP contribution in [0, 0.1) is 0 Å². The lowest BCUT2D eigenvalue weighted by Crippen LogP contribution is -2.53. The third-order valence-corrected chi connectivity index (χ3v) is 12.6. The van der Waals surface area contributed by atoms with E-state index in [0.717, 1.165) is 30.2 Å². The van der Waals surface area contributed by atoms with Crippen LogP contribution in [0.4, 0.5) is 34.1 Å². The van der Waals surface area contributed by atoms with Gasteiger partial charge in [0.1, 0.15) is 12.6 Å². The molecule has 4 saturated heterocycles. The number of nitrogens with zero attached hydrogens (tertiary/aromatic N) is 5. The molecule has 14 nitrogen and oxygen atoms in total. The molecule has 5 aliphatic rings. The predicted octanol–water partition coefficient (Wildman–Crippen LogP) is 5.16. The van der Waals surface area contributed by atoms with Crippen LogP contribution in [0.15, 0.2) is 36.4 Å². The van der Waals surface area contributed by atoms with Gasteiger partial charge in [0.2, 0.25) is 5.91 Å². The number of para-hydroxylation sites is 1. The molecule has 0 radical (unpaired) electrons. The van der Waals surface area contributed by atoms with Crippen LogP contribution in [0.2, 0.25) is 5.02 Å². The molecule has 5 heterocycles.